The van der Waals surface area contributed by atoms with Gasteiger partial charge in [-0.25, -0.2) is 4.79 Å². The van der Waals surface area contributed by atoms with Crippen LogP contribution in [0.1, 0.15) is 46.5 Å². The minimum atomic E-state index is -0.274. The second kappa shape index (κ2) is 3.35. The fraction of sp³-hybridized carbons (Fsp3) is 0.417. The average molecular weight is 235 g/mol. The number of rotatable bonds is 2. The van der Waals surface area contributed by atoms with Crippen LogP contribution in [-0.4, -0.2) is 12.6 Å². The van der Waals surface area contributed by atoms with Crippen molar-refractivity contribution in [3.63, 3.8) is 0 Å². The Hall–Kier alpha value is -1.29. The zero-order valence-corrected chi connectivity index (χ0v) is 9.89. The summed E-state index contributed by atoms with van der Waals surface area (Å²) < 4.78 is 5.05. The van der Waals surface area contributed by atoms with E-state index in [1.165, 1.54) is 16.9 Å². The summed E-state index contributed by atoms with van der Waals surface area (Å²) in [7, 11) is 0. The summed E-state index contributed by atoms with van der Waals surface area (Å²) in [5.74, 6) is 0.272. The van der Waals surface area contributed by atoms with Gasteiger partial charge >= 0.3 is 5.97 Å². The minimum Gasteiger partial charge on any atom is -0.462 e. The van der Waals surface area contributed by atoms with Crippen molar-refractivity contribution in [1.82, 2.24) is 0 Å². The molecular formula is C12H13NO2S. The molecule has 3 rings (SSSR count). The topological polar surface area (TPSA) is 52.3 Å². The molecule has 1 heterocycles. The van der Waals surface area contributed by atoms with Gasteiger partial charge in [0.15, 0.2) is 0 Å². The van der Waals surface area contributed by atoms with Crippen LogP contribution in [0, 0.1) is 0 Å². The van der Waals surface area contributed by atoms with Gasteiger partial charge in [-0.3, -0.25) is 0 Å². The van der Waals surface area contributed by atoms with E-state index < -0.39 is 0 Å². The van der Waals surface area contributed by atoms with E-state index in [4.69, 9.17) is 10.5 Å². The first-order valence-electron chi connectivity index (χ1n) is 5.53. The molecule has 3 nitrogen and oxygen atoms in total. The molecular weight excluding hydrogens is 222 g/mol. The Morgan fingerprint density at radius 1 is 1.69 bits per heavy atom. The molecule has 1 atom stereocenters. The van der Waals surface area contributed by atoms with Crippen molar-refractivity contribution in [1.29, 1.82) is 0 Å². The van der Waals surface area contributed by atoms with E-state index in [0.717, 1.165) is 12.0 Å². The Labute approximate surface area is 97.9 Å². The zero-order chi connectivity index (χ0) is 11.3. The number of thiophene rings is 1. The van der Waals surface area contributed by atoms with Gasteiger partial charge in [-0.2, -0.15) is 0 Å². The van der Waals surface area contributed by atoms with Crippen molar-refractivity contribution >= 4 is 27.9 Å². The van der Waals surface area contributed by atoms with E-state index in [-0.39, 0.29) is 5.97 Å². The van der Waals surface area contributed by atoms with E-state index in [9.17, 15) is 4.79 Å². The molecule has 1 aromatic heterocycles. The lowest BCUT2D eigenvalue weighted by Crippen LogP contribution is -2.15. The first kappa shape index (κ1) is 9.90. The number of hydrogen-bond donors (Lipinski definition) is 1. The first-order chi connectivity index (χ1) is 7.74. The molecule has 0 saturated heterocycles. The third-order valence-corrected chi connectivity index (χ3v) is 4.38. The molecule has 84 valence electrons. The van der Waals surface area contributed by atoms with Crippen LogP contribution in [0.5, 0.6) is 0 Å². The summed E-state index contributed by atoms with van der Waals surface area (Å²) in [6, 6.07) is 0. The lowest BCUT2D eigenvalue weighted by Gasteiger charge is -2.26. The molecule has 1 unspecified atom stereocenters. The molecule has 16 heavy (non-hydrogen) atoms. The maximum absolute atomic E-state index is 11.8. The number of carbonyl (C=O) groups is 1. The highest BCUT2D eigenvalue weighted by Gasteiger charge is 2.41. The molecule has 0 aromatic carbocycles. The molecule has 4 heteroatoms. The van der Waals surface area contributed by atoms with Crippen LogP contribution in [0.3, 0.4) is 0 Å². The highest BCUT2D eigenvalue weighted by atomic mass is 32.1. The fourth-order valence-corrected chi connectivity index (χ4v) is 3.81. The summed E-state index contributed by atoms with van der Waals surface area (Å²) >= 11 is 1.55. The van der Waals surface area contributed by atoms with Gasteiger partial charge < -0.3 is 10.5 Å². The first-order valence-corrected chi connectivity index (χ1v) is 6.35. The van der Waals surface area contributed by atoms with Crippen molar-refractivity contribution in [3.05, 3.63) is 22.1 Å². The van der Waals surface area contributed by atoms with Crippen molar-refractivity contribution in [2.24, 2.45) is 0 Å². The van der Waals surface area contributed by atoms with E-state index in [2.05, 4.69) is 6.08 Å². The van der Waals surface area contributed by atoms with Crippen LogP contribution in [0.25, 0.3) is 5.57 Å². The predicted octanol–water partition coefficient (Wildman–Crippen LogP) is 2.78. The SMILES string of the molecule is CCOC(=O)c1c(N)sc2c1C1=CCCC12. The monoisotopic (exact) mass is 235 g/mol. The Morgan fingerprint density at radius 3 is 3.25 bits per heavy atom. The zero-order valence-electron chi connectivity index (χ0n) is 9.08. The number of anilines is 1. The molecule has 2 aliphatic carbocycles. The number of fused-ring (bicyclic) bond motifs is 4. The standard InChI is InChI=1S/C12H13NO2S/c1-2-15-12(14)9-8-6-4-3-5-7(6)10(8)16-11(9)13/h4,7H,2-3,5,13H2,1H3. The summed E-state index contributed by atoms with van der Waals surface area (Å²) in [5, 5.41) is 0.610. The maximum atomic E-state index is 11.8. The van der Waals surface area contributed by atoms with Crippen molar-refractivity contribution < 1.29 is 9.53 Å². The number of nitrogens with two attached hydrogens (primary N) is 1. The third kappa shape index (κ3) is 1.11. The largest absolute Gasteiger partial charge is 0.462 e. The summed E-state index contributed by atoms with van der Waals surface area (Å²) in [6.45, 7) is 2.20. The molecule has 2 N–H and O–H groups in total. The lowest BCUT2D eigenvalue weighted by molar-refractivity contribution is 0.0527. The molecule has 0 radical (unpaired) electrons. The van der Waals surface area contributed by atoms with Gasteiger partial charge in [-0.15, -0.1) is 11.3 Å². The quantitative estimate of drug-likeness (QED) is 0.802. The van der Waals surface area contributed by atoms with Crippen molar-refractivity contribution in [3.8, 4) is 0 Å². The number of allylic oxidation sites excluding steroid dienone is 2. The number of hydrogen-bond acceptors (Lipinski definition) is 4. The molecule has 0 fully saturated rings. The van der Waals surface area contributed by atoms with Gasteiger partial charge in [0.1, 0.15) is 10.6 Å². The highest BCUT2D eigenvalue weighted by molar-refractivity contribution is 7.17. The van der Waals surface area contributed by atoms with E-state index in [1.807, 2.05) is 6.92 Å². The van der Waals surface area contributed by atoms with E-state index >= 15 is 0 Å². The van der Waals surface area contributed by atoms with Gasteiger partial charge in [0, 0.05) is 16.4 Å². The normalized spacial score (nSPS) is 20.8. The molecule has 1 aromatic rings. The van der Waals surface area contributed by atoms with Crippen molar-refractivity contribution in [2.75, 3.05) is 12.3 Å². The lowest BCUT2D eigenvalue weighted by atomic mass is 9.79. The minimum absolute atomic E-state index is 0.274. The number of carbonyl (C=O) groups excluding carboxylic acids is 1. The van der Waals surface area contributed by atoms with Gasteiger partial charge in [-0.05, 0) is 25.3 Å². The molecule has 0 spiro atoms. The number of nitrogen functional groups attached to an aromatic ring is 1. The van der Waals surface area contributed by atoms with E-state index in [1.54, 1.807) is 11.3 Å². The average Bonchev–Trinajstić information content (AvgIpc) is 2.76. The van der Waals surface area contributed by atoms with Crippen LogP contribution in [-0.2, 0) is 4.74 Å². The molecule has 0 aliphatic heterocycles. The Bertz CT molecular complexity index is 501. The Kier molecular flexibility index (Phi) is 2.07. The Balaban J connectivity index is 2.07. The number of ether oxygens (including phenoxy) is 1. The molecule has 0 saturated carbocycles. The van der Waals surface area contributed by atoms with Crippen LogP contribution in [0.15, 0.2) is 6.08 Å². The predicted molar refractivity (Wildman–Crippen MR) is 64.6 cm³/mol. The molecule has 2 aliphatic rings. The Morgan fingerprint density at radius 2 is 2.50 bits per heavy atom. The summed E-state index contributed by atoms with van der Waals surface area (Å²) in [4.78, 5) is 13.1. The van der Waals surface area contributed by atoms with Gasteiger partial charge in [0.2, 0.25) is 0 Å². The summed E-state index contributed by atoms with van der Waals surface area (Å²) in [6.07, 6.45) is 4.51. The van der Waals surface area contributed by atoms with Crippen LogP contribution in [0.2, 0.25) is 0 Å². The second-order valence-corrected chi connectivity index (χ2v) is 5.17. The van der Waals surface area contributed by atoms with Gasteiger partial charge in [0.05, 0.1) is 6.61 Å². The van der Waals surface area contributed by atoms with Crippen LogP contribution in [0.4, 0.5) is 5.00 Å². The van der Waals surface area contributed by atoms with Crippen LogP contribution < -0.4 is 5.73 Å². The van der Waals surface area contributed by atoms with Crippen LogP contribution >= 0.6 is 11.3 Å². The summed E-state index contributed by atoms with van der Waals surface area (Å²) in [5.41, 5.74) is 8.89. The second-order valence-electron chi connectivity index (χ2n) is 4.09. The smallest absolute Gasteiger partial charge is 0.341 e. The highest BCUT2D eigenvalue weighted by Crippen LogP contribution is 2.58. The third-order valence-electron chi connectivity index (χ3n) is 3.24. The molecule has 0 amide bonds. The number of esters is 1. The fourth-order valence-electron chi connectivity index (χ4n) is 2.58. The van der Waals surface area contributed by atoms with Gasteiger partial charge in [0.25, 0.3) is 0 Å². The van der Waals surface area contributed by atoms with Crippen molar-refractivity contribution in [2.45, 2.75) is 25.7 Å². The van der Waals surface area contributed by atoms with Gasteiger partial charge in [-0.1, -0.05) is 6.08 Å². The molecule has 0 bridgehead atoms. The van der Waals surface area contributed by atoms with E-state index in [0.29, 0.717) is 23.1 Å². The maximum Gasteiger partial charge on any atom is 0.341 e.